The number of carbonyl (C=O) groups excluding carboxylic acids is 2. The highest BCUT2D eigenvalue weighted by Crippen LogP contribution is 2.32. The van der Waals surface area contributed by atoms with E-state index in [1.165, 1.54) is 0 Å². The number of carbonyl (C=O) groups is 2. The highest BCUT2D eigenvalue weighted by molar-refractivity contribution is 9.10. The van der Waals surface area contributed by atoms with E-state index in [9.17, 15) is 9.59 Å². The third kappa shape index (κ3) is 3.37. The quantitative estimate of drug-likeness (QED) is 0.740. The third-order valence-electron chi connectivity index (χ3n) is 3.91. The number of ketones is 1. The molecule has 0 radical (unpaired) electrons. The maximum atomic E-state index is 13.0. The molecule has 3 rings (SSSR count). The topological polar surface area (TPSA) is 58.2 Å². The molecule has 1 saturated heterocycles. The molecule has 1 heterocycles. The Bertz CT molecular complexity index is 803. The molecule has 4 nitrogen and oxygen atoms in total. The van der Waals surface area contributed by atoms with Crippen molar-refractivity contribution in [2.45, 2.75) is 6.04 Å². The van der Waals surface area contributed by atoms with Gasteiger partial charge in [-0.25, -0.2) is 4.79 Å². The first-order valence-electron chi connectivity index (χ1n) is 7.27. The summed E-state index contributed by atoms with van der Waals surface area (Å²) in [5.41, 5.74) is 1.73. The molecule has 2 aromatic rings. The fourth-order valence-electron chi connectivity index (χ4n) is 2.73. The van der Waals surface area contributed by atoms with Gasteiger partial charge in [0, 0.05) is 20.8 Å². The number of amides is 2. The van der Waals surface area contributed by atoms with Gasteiger partial charge in [0.25, 0.3) is 0 Å². The lowest BCUT2D eigenvalue weighted by Crippen LogP contribution is -2.50. The molecule has 0 saturated carbocycles. The maximum Gasteiger partial charge on any atom is 0.319 e. The van der Waals surface area contributed by atoms with Crippen LogP contribution in [0.1, 0.15) is 22.0 Å². The SMILES string of the molecule is C=C1NC(=O)N[C@@H](c2ccc(Br)cc2)[C@@H]1C(=O)c1ccc(Cl)cc1. The van der Waals surface area contributed by atoms with Gasteiger partial charge >= 0.3 is 6.03 Å². The van der Waals surface area contributed by atoms with Crippen molar-refractivity contribution in [1.29, 1.82) is 0 Å². The molecule has 24 heavy (non-hydrogen) atoms. The van der Waals surface area contributed by atoms with E-state index >= 15 is 0 Å². The summed E-state index contributed by atoms with van der Waals surface area (Å²) in [6.45, 7) is 3.88. The summed E-state index contributed by atoms with van der Waals surface area (Å²) < 4.78 is 0.922. The van der Waals surface area contributed by atoms with Crippen LogP contribution in [0.4, 0.5) is 4.79 Å². The fourth-order valence-corrected chi connectivity index (χ4v) is 3.12. The minimum Gasteiger partial charge on any atom is -0.330 e. The molecule has 1 aliphatic heterocycles. The van der Waals surface area contributed by atoms with Gasteiger partial charge in [-0.2, -0.15) is 0 Å². The summed E-state index contributed by atoms with van der Waals surface area (Å²) >= 11 is 9.27. The Morgan fingerprint density at radius 3 is 2.33 bits per heavy atom. The van der Waals surface area contributed by atoms with Gasteiger partial charge in [0.1, 0.15) is 0 Å². The van der Waals surface area contributed by atoms with Crippen molar-refractivity contribution in [2.75, 3.05) is 0 Å². The van der Waals surface area contributed by atoms with E-state index in [4.69, 9.17) is 11.6 Å². The van der Waals surface area contributed by atoms with Crippen LogP contribution in [0.15, 0.2) is 65.3 Å². The highest BCUT2D eigenvalue weighted by atomic mass is 79.9. The molecule has 2 atom stereocenters. The zero-order chi connectivity index (χ0) is 17.3. The van der Waals surface area contributed by atoms with Crippen molar-refractivity contribution in [2.24, 2.45) is 5.92 Å². The Morgan fingerprint density at radius 1 is 1.08 bits per heavy atom. The van der Waals surface area contributed by atoms with Crippen molar-refractivity contribution in [3.05, 3.63) is 81.4 Å². The molecular weight excluding hydrogens is 392 g/mol. The van der Waals surface area contributed by atoms with Gasteiger partial charge < -0.3 is 10.6 Å². The first kappa shape index (κ1) is 16.7. The lowest BCUT2D eigenvalue weighted by Gasteiger charge is -2.34. The minimum atomic E-state index is -0.606. The summed E-state index contributed by atoms with van der Waals surface area (Å²) in [6, 6.07) is 13.3. The lowest BCUT2D eigenvalue weighted by molar-refractivity contribution is 0.0905. The number of halogens is 2. The Morgan fingerprint density at radius 2 is 1.71 bits per heavy atom. The van der Waals surface area contributed by atoms with E-state index in [2.05, 4.69) is 33.1 Å². The first-order chi connectivity index (χ1) is 11.5. The van der Waals surface area contributed by atoms with Gasteiger partial charge in [-0.1, -0.05) is 46.2 Å². The molecular formula is C18H14BrClN2O2. The number of urea groups is 1. The molecule has 6 heteroatoms. The lowest BCUT2D eigenvalue weighted by atomic mass is 9.83. The molecule has 1 aliphatic rings. The Kier molecular flexibility index (Phi) is 4.73. The number of rotatable bonds is 3. The molecule has 0 aliphatic carbocycles. The average molecular weight is 406 g/mol. The van der Waals surface area contributed by atoms with E-state index in [0.717, 1.165) is 10.0 Å². The van der Waals surface area contributed by atoms with Crippen LogP contribution in [0.2, 0.25) is 5.02 Å². The number of hydrogen-bond donors (Lipinski definition) is 2. The van der Waals surface area contributed by atoms with Crippen molar-refractivity contribution < 1.29 is 9.59 Å². The van der Waals surface area contributed by atoms with E-state index in [-0.39, 0.29) is 11.8 Å². The van der Waals surface area contributed by atoms with Gasteiger partial charge in [0.05, 0.1) is 12.0 Å². The molecule has 1 fully saturated rings. The first-order valence-corrected chi connectivity index (χ1v) is 8.44. The molecule has 122 valence electrons. The van der Waals surface area contributed by atoms with E-state index < -0.39 is 12.0 Å². The van der Waals surface area contributed by atoms with Gasteiger partial charge in [-0.3, -0.25) is 4.79 Å². The Labute approximate surface area is 153 Å². The van der Waals surface area contributed by atoms with E-state index in [0.29, 0.717) is 16.3 Å². The smallest absolute Gasteiger partial charge is 0.319 e. The van der Waals surface area contributed by atoms with Crippen LogP contribution in [0.3, 0.4) is 0 Å². The second kappa shape index (κ2) is 6.79. The van der Waals surface area contributed by atoms with Crippen molar-refractivity contribution in [1.82, 2.24) is 10.6 Å². The second-order valence-electron chi connectivity index (χ2n) is 5.50. The predicted octanol–water partition coefficient (Wildman–Crippen LogP) is 4.47. The van der Waals surface area contributed by atoms with Crippen molar-refractivity contribution in [3.63, 3.8) is 0 Å². The number of benzene rings is 2. The van der Waals surface area contributed by atoms with E-state index in [1.807, 2.05) is 24.3 Å². The number of hydrogen-bond acceptors (Lipinski definition) is 2. The van der Waals surface area contributed by atoms with Crippen LogP contribution in [-0.4, -0.2) is 11.8 Å². The molecule has 2 aromatic carbocycles. The second-order valence-corrected chi connectivity index (χ2v) is 6.85. The van der Waals surface area contributed by atoms with Crippen molar-refractivity contribution >= 4 is 39.3 Å². The third-order valence-corrected chi connectivity index (χ3v) is 4.69. The Balaban J connectivity index is 1.98. The van der Waals surface area contributed by atoms with Gasteiger partial charge in [0.2, 0.25) is 0 Å². The van der Waals surface area contributed by atoms with Crippen LogP contribution in [0.25, 0.3) is 0 Å². The summed E-state index contributed by atoms with van der Waals surface area (Å²) in [5, 5.41) is 5.98. The van der Waals surface area contributed by atoms with Crippen LogP contribution < -0.4 is 10.6 Å². The number of Topliss-reactive ketones (excluding diaryl/α,β-unsaturated/α-hetero) is 1. The summed E-state index contributed by atoms with van der Waals surface area (Å²) in [5.74, 6) is -0.734. The molecule has 2 N–H and O–H groups in total. The molecule has 2 amide bonds. The molecule has 0 bridgehead atoms. The van der Waals surface area contributed by atoms with Crippen LogP contribution in [0.5, 0.6) is 0 Å². The van der Waals surface area contributed by atoms with E-state index in [1.54, 1.807) is 24.3 Å². The summed E-state index contributed by atoms with van der Waals surface area (Å²) in [4.78, 5) is 24.8. The maximum absolute atomic E-state index is 13.0. The average Bonchev–Trinajstić information content (AvgIpc) is 2.55. The van der Waals surface area contributed by atoms with Crippen LogP contribution in [0, 0.1) is 5.92 Å². The van der Waals surface area contributed by atoms with Gasteiger partial charge in [-0.05, 0) is 42.0 Å². The normalized spacial score (nSPS) is 20.2. The molecule has 0 aromatic heterocycles. The van der Waals surface area contributed by atoms with Crippen LogP contribution in [-0.2, 0) is 0 Å². The molecule has 0 spiro atoms. The fraction of sp³-hybridized carbons (Fsp3) is 0.111. The summed E-state index contributed by atoms with van der Waals surface area (Å²) in [6.07, 6.45) is 0. The van der Waals surface area contributed by atoms with Gasteiger partial charge in [0.15, 0.2) is 5.78 Å². The largest absolute Gasteiger partial charge is 0.330 e. The zero-order valence-corrected chi connectivity index (χ0v) is 14.9. The van der Waals surface area contributed by atoms with Crippen molar-refractivity contribution in [3.8, 4) is 0 Å². The standard InChI is InChI=1S/C18H14BrClN2O2/c1-10-15(17(23)12-4-8-14(20)9-5-12)16(22-18(24)21-10)11-2-6-13(19)7-3-11/h2-9,15-16H,1H2,(H2,21,22,24)/t15-,16+/m1/s1. The zero-order valence-electron chi connectivity index (χ0n) is 12.6. The number of nitrogens with one attached hydrogen (secondary N) is 2. The van der Waals surface area contributed by atoms with Crippen LogP contribution >= 0.6 is 27.5 Å². The predicted molar refractivity (Wildman–Crippen MR) is 97.0 cm³/mol. The monoisotopic (exact) mass is 404 g/mol. The summed E-state index contributed by atoms with van der Waals surface area (Å²) in [7, 11) is 0. The minimum absolute atomic E-state index is 0.128. The Hall–Kier alpha value is -2.11. The molecule has 0 unspecified atom stereocenters. The highest BCUT2D eigenvalue weighted by Gasteiger charge is 2.37. The van der Waals surface area contributed by atoms with Gasteiger partial charge in [-0.15, -0.1) is 0 Å².